The molecule has 0 saturated heterocycles. The molecule has 1 heterocycles. The average Bonchev–Trinajstić information content (AvgIpc) is 3.19. The summed E-state index contributed by atoms with van der Waals surface area (Å²) in [7, 11) is 0. The summed E-state index contributed by atoms with van der Waals surface area (Å²) in [6.07, 6.45) is 0. The average molecular weight is 370 g/mol. The highest BCUT2D eigenvalue weighted by atomic mass is 32.1. The summed E-state index contributed by atoms with van der Waals surface area (Å²) in [4.78, 5) is 17.7. The molecular weight excluding hydrogens is 352 g/mol. The van der Waals surface area contributed by atoms with Gasteiger partial charge < -0.3 is 5.32 Å². The lowest BCUT2D eigenvalue weighted by molar-refractivity contribution is -0.116. The van der Waals surface area contributed by atoms with Gasteiger partial charge in [0.1, 0.15) is 0 Å². The van der Waals surface area contributed by atoms with Crippen LogP contribution in [-0.2, 0) is 4.79 Å². The lowest BCUT2D eigenvalue weighted by Gasteiger charge is -2.17. The van der Waals surface area contributed by atoms with Crippen molar-refractivity contribution in [1.29, 1.82) is 0 Å². The molecule has 1 aromatic heterocycles. The number of thiazole rings is 1. The molecule has 0 bridgehead atoms. The van der Waals surface area contributed by atoms with Crippen molar-refractivity contribution in [1.82, 2.24) is 4.98 Å². The molecule has 4 aromatic rings. The first-order valence-corrected chi connectivity index (χ1v) is 9.61. The summed E-state index contributed by atoms with van der Waals surface area (Å²) in [6.45, 7) is 0. The number of hydrogen-bond donors (Lipinski definition) is 1. The van der Waals surface area contributed by atoms with E-state index < -0.39 is 0 Å². The Balaban J connectivity index is 1.61. The Morgan fingerprint density at radius 3 is 1.85 bits per heavy atom. The van der Waals surface area contributed by atoms with E-state index in [-0.39, 0.29) is 11.8 Å². The molecule has 0 aliphatic carbocycles. The predicted molar refractivity (Wildman–Crippen MR) is 111 cm³/mol. The Bertz CT molecular complexity index is 974. The van der Waals surface area contributed by atoms with Gasteiger partial charge in [-0.15, -0.1) is 11.3 Å². The van der Waals surface area contributed by atoms with Gasteiger partial charge in [0.2, 0.25) is 5.91 Å². The monoisotopic (exact) mass is 370 g/mol. The van der Waals surface area contributed by atoms with Gasteiger partial charge in [-0.2, -0.15) is 0 Å². The highest BCUT2D eigenvalue weighted by Crippen LogP contribution is 2.29. The van der Waals surface area contributed by atoms with E-state index in [1.165, 1.54) is 11.3 Å². The minimum atomic E-state index is -0.378. The number of hydrogen-bond acceptors (Lipinski definition) is 3. The molecule has 0 saturated carbocycles. The van der Waals surface area contributed by atoms with Crippen LogP contribution in [0.3, 0.4) is 0 Å². The fourth-order valence-electron chi connectivity index (χ4n) is 3.04. The van der Waals surface area contributed by atoms with E-state index in [1.807, 2.05) is 96.4 Å². The van der Waals surface area contributed by atoms with Crippen LogP contribution in [0.5, 0.6) is 0 Å². The Kier molecular flexibility index (Phi) is 5.08. The highest BCUT2D eigenvalue weighted by Gasteiger charge is 2.23. The number of amides is 1. The van der Waals surface area contributed by atoms with E-state index in [2.05, 4.69) is 10.3 Å². The van der Waals surface area contributed by atoms with Crippen molar-refractivity contribution in [2.75, 3.05) is 5.32 Å². The maximum atomic E-state index is 13.1. The normalized spacial score (nSPS) is 10.7. The number of carbonyl (C=O) groups is 1. The van der Waals surface area contributed by atoms with Crippen molar-refractivity contribution in [3.05, 3.63) is 108 Å². The fourth-order valence-corrected chi connectivity index (χ4v) is 3.76. The van der Waals surface area contributed by atoms with Crippen LogP contribution in [0, 0.1) is 0 Å². The number of nitrogens with one attached hydrogen (secondary N) is 1. The predicted octanol–water partition coefficient (Wildman–Crippen LogP) is 5.58. The lowest BCUT2D eigenvalue weighted by atomic mass is 9.90. The third-order valence-corrected chi connectivity index (χ3v) is 5.09. The molecule has 0 radical (unpaired) electrons. The zero-order chi connectivity index (χ0) is 18.5. The minimum absolute atomic E-state index is 0.0821. The maximum Gasteiger partial charge on any atom is 0.238 e. The van der Waals surface area contributed by atoms with Crippen LogP contribution in [-0.4, -0.2) is 10.9 Å². The molecule has 132 valence electrons. The molecule has 27 heavy (non-hydrogen) atoms. The first kappa shape index (κ1) is 17.2. The molecular formula is C23H18N2OS. The van der Waals surface area contributed by atoms with E-state index in [9.17, 15) is 4.79 Å². The van der Waals surface area contributed by atoms with Gasteiger partial charge in [0, 0.05) is 10.9 Å². The van der Waals surface area contributed by atoms with Gasteiger partial charge >= 0.3 is 0 Å². The van der Waals surface area contributed by atoms with Crippen molar-refractivity contribution in [2.24, 2.45) is 0 Å². The highest BCUT2D eigenvalue weighted by molar-refractivity contribution is 7.14. The summed E-state index contributed by atoms with van der Waals surface area (Å²) in [5.74, 6) is -0.460. The summed E-state index contributed by atoms with van der Waals surface area (Å²) in [5, 5.41) is 5.57. The first-order valence-electron chi connectivity index (χ1n) is 8.73. The van der Waals surface area contributed by atoms with Gasteiger partial charge in [0.05, 0.1) is 11.6 Å². The van der Waals surface area contributed by atoms with E-state index in [4.69, 9.17) is 0 Å². The second-order valence-corrected chi connectivity index (χ2v) is 7.01. The van der Waals surface area contributed by atoms with Gasteiger partial charge in [0.15, 0.2) is 5.13 Å². The Morgan fingerprint density at radius 2 is 1.30 bits per heavy atom. The Morgan fingerprint density at radius 1 is 0.778 bits per heavy atom. The lowest BCUT2D eigenvalue weighted by Crippen LogP contribution is -2.22. The quantitative estimate of drug-likeness (QED) is 0.498. The summed E-state index contributed by atoms with van der Waals surface area (Å²) in [6, 6.07) is 29.6. The Hall–Kier alpha value is -3.24. The van der Waals surface area contributed by atoms with Crippen molar-refractivity contribution in [3.63, 3.8) is 0 Å². The van der Waals surface area contributed by atoms with Crippen LogP contribution in [0.2, 0.25) is 0 Å². The van der Waals surface area contributed by atoms with Crippen LogP contribution < -0.4 is 5.32 Å². The largest absolute Gasteiger partial charge is 0.301 e. The molecule has 1 amide bonds. The van der Waals surface area contributed by atoms with E-state index in [0.29, 0.717) is 5.13 Å². The first-order chi connectivity index (χ1) is 13.3. The number of benzene rings is 3. The molecule has 4 rings (SSSR count). The van der Waals surface area contributed by atoms with Gasteiger partial charge in [-0.25, -0.2) is 4.98 Å². The van der Waals surface area contributed by atoms with Crippen LogP contribution in [0.15, 0.2) is 96.4 Å². The number of rotatable bonds is 5. The summed E-state index contributed by atoms with van der Waals surface area (Å²) in [5.41, 5.74) is 3.82. The molecule has 0 unspecified atom stereocenters. The van der Waals surface area contributed by atoms with Crippen LogP contribution in [0.1, 0.15) is 17.0 Å². The maximum absolute atomic E-state index is 13.1. The van der Waals surface area contributed by atoms with Crippen LogP contribution >= 0.6 is 11.3 Å². The van der Waals surface area contributed by atoms with Gasteiger partial charge in [-0.05, 0) is 11.1 Å². The van der Waals surface area contributed by atoms with Gasteiger partial charge in [-0.3, -0.25) is 4.79 Å². The molecule has 4 heteroatoms. The van der Waals surface area contributed by atoms with Crippen LogP contribution in [0.25, 0.3) is 11.3 Å². The van der Waals surface area contributed by atoms with Crippen molar-refractivity contribution >= 4 is 22.4 Å². The number of nitrogens with zero attached hydrogens (tertiary/aromatic N) is 1. The summed E-state index contributed by atoms with van der Waals surface area (Å²) < 4.78 is 0. The molecule has 3 nitrogen and oxygen atoms in total. The fraction of sp³-hybridized carbons (Fsp3) is 0.0435. The molecule has 1 N–H and O–H groups in total. The van der Waals surface area contributed by atoms with Crippen molar-refractivity contribution in [3.8, 4) is 11.3 Å². The minimum Gasteiger partial charge on any atom is -0.301 e. The third kappa shape index (κ3) is 3.96. The molecule has 0 atom stereocenters. The van der Waals surface area contributed by atoms with Gasteiger partial charge in [0.25, 0.3) is 0 Å². The molecule has 0 aliphatic heterocycles. The van der Waals surface area contributed by atoms with E-state index in [1.54, 1.807) is 0 Å². The van der Waals surface area contributed by atoms with E-state index >= 15 is 0 Å². The number of aromatic nitrogens is 1. The zero-order valence-corrected chi connectivity index (χ0v) is 15.4. The van der Waals surface area contributed by atoms with Crippen molar-refractivity contribution < 1.29 is 4.79 Å². The Labute approximate surface area is 162 Å². The standard InChI is InChI=1S/C23H18N2OS/c26-22(25-23-24-20(16-27-23)17-10-4-1-5-11-17)21(18-12-6-2-7-13-18)19-14-8-3-9-15-19/h1-16,21H,(H,24,25,26). The smallest absolute Gasteiger partial charge is 0.238 e. The SMILES string of the molecule is O=C(Nc1nc(-c2ccccc2)cs1)C(c1ccccc1)c1ccccc1. The second-order valence-electron chi connectivity index (χ2n) is 6.15. The molecule has 0 aliphatic rings. The van der Waals surface area contributed by atoms with Crippen molar-refractivity contribution in [2.45, 2.75) is 5.92 Å². The number of anilines is 1. The van der Waals surface area contributed by atoms with E-state index in [0.717, 1.165) is 22.4 Å². The van der Waals surface area contributed by atoms with Gasteiger partial charge in [-0.1, -0.05) is 91.0 Å². The second kappa shape index (κ2) is 7.98. The summed E-state index contributed by atoms with van der Waals surface area (Å²) >= 11 is 1.44. The molecule has 3 aromatic carbocycles. The molecule has 0 spiro atoms. The topological polar surface area (TPSA) is 42.0 Å². The number of carbonyl (C=O) groups excluding carboxylic acids is 1. The van der Waals surface area contributed by atoms with Crippen LogP contribution in [0.4, 0.5) is 5.13 Å². The zero-order valence-electron chi connectivity index (χ0n) is 14.6. The molecule has 0 fully saturated rings. The third-order valence-electron chi connectivity index (χ3n) is 4.33.